The van der Waals surface area contributed by atoms with Gasteiger partial charge in [-0.25, -0.2) is 0 Å². The van der Waals surface area contributed by atoms with Crippen molar-refractivity contribution in [2.24, 2.45) is 5.92 Å². The molecule has 0 aromatic carbocycles. The second-order valence-corrected chi connectivity index (χ2v) is 4.05. The molecule has 1 aliphatic rings. The lowest BCUT2D eigenvalue weighted by molar-refractivity contribution is -0.144. The van der Waals surface area contributed by atoms with E-state index in [0.717, 1.165) is 12.2 Å². The zero-order valence-electron chi connectivity index (χ0n) is 8.92. The van der Waals surface area contributed by atoms with Gasteiger partial charge < -0.3 is 14.4 Å². The summed E-state index contributed by atoms with van der Waals surface area (Å²) in [5.74, 6) is -0.300. The second-order valence-electron chi connectivity index (χ2n) is 4.05. The summed E-state index contributed by atoms with van der Waals surface area (Å²) in [4.78, 5) is 23.5. The molecular weight excluding hydrogens is 210 g/mol. The first-order valence-corrected chi connectivity index (χ1v) is 5.09. The number of amides is 1. The van der Waals surface area contributed by atoms with E-state index >= 15 is 0 Å². The summed E-state index contributed by atoms with van der Waals surface area (Å²) < 4.78 is 5.21. The quantitative estimate of drug-likeness (QED) is 0.824. The third-order valence-corrected chi connectivity index (χ3v) is 2.76. The Bertz CT molecular complexity index is 398. The van der Waals surface area contributed by atoms with E-state index in [9.17, 15) is 9.59 Å². The van der Waals surface area contributed by atoms with Gasteiger partial charge in [0.25, 0.3) is 0 Å². The van der Waals surface area contributed by atoms with E-state index < -0.39 is 5.97 Å². The summed E-state index contributed by atoms with van der Waals surface area (Å²) in [6, 6.07) is 3.63. The highest BCUT2D eigenvalue weighted by molar-refractivity contribution is 5.85. The van der Waals surface area contributed by atoms with Crippen molar-refractivity contribution in [3.05, 3.63) is 24.2 Å². The molecule has 5 nitrogen and oxygen atoms in total. The molecule has 1 N–H and O–H groups in total. The lowest BCUT2D eigenvalue weighted by Crippen LogP contribution is -2.33. The van der Waals surface area contributed by atoms with Crippen molar-refractivity contribution in [2.45, 2.75) is 12.3 Å². The predicted octanol–water partition coefficient (Wildman–Crippen LogP) is 0.926. The number of aliphatic carboxylic acids is 1. The molecule has 0 aliphatic heterocycles. The Balaban J connectivity index is 1.92. The smallest absolute Gasteiger partial charge is 0.323 e. The molecule has 1 aliphatic carbocycles. The lowest BCUT2D eigenvalue weighted by atomic mass is 10.2. The molecule has 1 fully saturated rings. The minimum Gasteiger partial charge on any atom is -0.480 e. The monoisotopic (exact) mass is 223 g/mol. The first kappa shape index (κ1) is 10.7. The number of carboxylic acid groups (broad SMARTS) is 1. The summed E-state index contributed by atoms with van der Waals surface area (Å²) >= 11 is 0. The van der Waals surface area contributed by atoms with E-state index in [1.54, 1.807) is 12.3 Å². The van der Waals surface area contributed by atoms with Crippen LogP contribution in [0.15, 0.2) is 22.8 Å². The Kier molecular flexibility index (Phi) is 2.68. The van der Waals surface area contributed by atoms with Crippen LogP contribution in [0.1, 0.15) is 18.1 Å². The van der Waals surface area contributed by atoms with Crippen LogP contribution in [-0.4, -0.2) is 35.5 Å². The van der Waals surface area contributed by atoms with Gasteiger partial charge in [0.1, 0.15) is 12.3 Å². The molecule has 2 unspecified atom stereocenters. The molecule has 0 spiro atoms. The molecule has 0 saturated heterocycles. The van der Waals surface area contributed by atoms with Gasteiger partial charge in [-0.2, -0.15) is 0 Å². The number of nitrogens with zero attached hydrogens (tertiary/aromatic N) is 1. The van der Waals surface area contributed by atoms with Crippen LogP contribution in [0, 0.1) is 5.92 Å². The Morgan fingerprint density at radius 3 is 2.94 bits per heavy atom. The van der Waals surface area contributed by atoms with Gasteiger partial charge in [0, 0.05) is 18.9 Å². The maximum absolute atomic E-state index is 11.8. The van der Waals surface area contributed by atoms with Gasteiger partial charge in [0.05, 0.1) is 6.26 Å². The van der Waals surface area contributed by atoms with Crippen LogP contribution in [0.25, 0.3) is 0 Å². The number of hydrogen-bond acceptors (Lipinski definition) is 3. The summed E-state index contributed by atoms with van der Waals surface area (Å²) in [6.45, 7) is -0.250. The zero-order valence-corrected chi connectivity index (χ0v) is 8.92. The first-order chi connectivity index (χ1) is 7.59. The number of rotatable bonds is 4. The normalized spacial score (nSPS) is 22.8. The van der Waals surface area contributed by atoms with Crippen LogP contribution in [0.5, 0.6) is 0 Å². The van der Waals surface area contributed by atoms with Gasteiger partial charge in [0.2, 0.25) is 5.91 Å². The van der Waals surface area contributed by atoms with Gasteiger partial charge >= 0.3 is 5.97 Å². The van der Waals surface area contributed by atoms with Gasteiger partial charge in [-0.3, -0.25) is 9.59 Å². The summed E-state index contributed by atoms with van der Waals surface area (Å²) in [6.07, 6.45) is 2.33. The number of carboxylic acids is 1. The maximum atomic E-state index is 11.8. The fourth-order valence-corrected chi connectivity index (χ4v) is 1.85. The van der Waals surface area contributed by atoms with Gasteiger partial charge in [-0.1, -0.05) is 0 Å². The zero-order chi connectivity index (χ0) is 11.7. The number of carbonyl (C=O) groups is 2. The first-order valence-electron chi connectivity index (χ1n) is 5.09. The minimum atomic E-state index is -0.994. The van der Waals surface area contributed by atoms with E-state index in [4.69, 9.17) is 9.52 Å². The van der Waals surface area contributed by atoms with Crippen molar-refractivity contribution in [2.75, 3.05) is 13.6 Å². The van der Waals surface area contributed by atoms with Crippen molar-refractivity contribution in [1.82, 2.24) is 4.90 Å². The molecule has 2 rings (SSSR count). The van der Waals surface area contributed by atoms with Gasteiger partial charge in [-0.15, -0.1) is 0 Å². The van der Waals surface area contributed by atoms with Crippen LogP contribution >= 0.6 is 0 Å². The standard InChI is InChI=1S/C11H13NO4/c1-12(6-10(13)14)11(15)8-5-7(8)9-3-2-4-16-9/h2-4,7-8H,5-6H2,1H3,(H,13,14). The van der Waals surface area contributed by atoms with Crippen LogP contribution in [-0.2, 0) is 9.59 Å². The average Bonchev–Trinajstić information content (AvgIpc) is 2.82. The van der Waals surface area contributed by atoms with Crippen LogP contribution < -0.4 is 0 Å². The third kappa shape index (κ3) is 2.08. The lowest BCUT2D eigenvalue weighted by Gasteiger charge is -2.13. The molecule has 0 radical (unpaired) electrons. The number of furan rings is 1. The van der Waals surface area contributed by atoms with Crippen molar-refractivity contribution < 1.29 is 19.1 Å². The molecule has 5 heteroatoms. The Hall–Kier alpha value is -1.78. The van der Waals surface area contributed by atoms with Crippen LogP contribution in [0.2, 0.25) is 0 Å². The minimum absolute atomic E-state index is 0.115. The number of hydrogen-bond donors (Lipinski definition) is 1. The SMILES string of the molecule is CN(CC(=O)O)C(=O)C1CC1c1ccco1. The highest BCUT2D eigenvalue weighted by Crippen LogP contribution is 2.48. The second kappa shape index (κ2) is 4.00. The van der Waals surface area contributed by atoms with Gasteiger partial charge in [0.15, 0.2) is 0 Å². The van der Waals surface area contributed by atoms with Crippen LogP contribution in [0.3, 0.4) is 0 Å². The van der Waals surface area contributed by atoms with E-state index in [1.807, 2.05) is 6.07 Å². The molecule has 86 valence electrons. The number of likely N-dealkylation sites (N-methyl/N-ethyl adjacent to an activating group) is 1. The summed E-state index contributed by atoms with van der Waals surface area (Å²) in [5.41, 5.74) is 0. The number of carbonyl (C=O) groups excluding carboxylic acids is 1. The van der Waals surface area contributed by atoms with Crippen molar-refractivity contribution in [3.63, 3.8) is 0 Å². The highest BCUT2D eigenvalue weighted by atomic mass is 16.4. The molecule has 0 bridgehead atoms. The molecule has 1 amide bonds. The molecular formula is C11H13NO4. The summed E-state index contributed by atoms with van der Waals surface area (Å²) in [5, 5.41) is 8.57. The fourth-order valence-electron chi connectivity index (χ4n) is 1.85. The Morgan fingerprint density at radius 2 is 2.38 bits per heavy atom. The van der Waals surface area contributed by atoms with Crippen molar-refractivity contribution in [1.29, 1.82) is 0 Å². The maximum Gasteiger partial charge on any atom is 0.323 e. The molecule has 1 aromatic rings. The van der Waals surface area contributed by atoms with Gasteiger partial charge in [-0.05, 0) is 18.6 Å². The Labute approximate surface area is 92.7 Å². The topological polar surface area (TPSA) is 70.8 Å². The van der Waals surface area contributed by atoms with Crippen molar-refractivity contribution >= 4 is 11.9 Å². The van der Waals surface area contributed by atoms with Crippen molar-refractivity contribution in [3.8, 4) is 0 Å². The third-order valence-electron chi connectivity index (χ3n) is 2.76. The van der Waals surface area contributed by atoms with E-state index in [1.165, 1.54) is 11.9 Å². The predicted molar refractivity (Wildman–Crippen MR) is 54.8 cm³/mol. The van der Waals surface area contributed by atoms with Crippen LogP contribution in [0.4, 0.5) is 0 Å². The molecule has 1 aromatic heterocycles. The molecule has 2 atom stereocenters. The summed E-state index contributed by atoms with van der Waals surface area (Å²) in [7, 11) is 1.51. The fraction of sp³-hybridized carbons (Fsp3) is 0.455. The highest BCUT2D eigenvalue weighted by Gasteiger charge is 2.47. The molecule has 16 heavy (non-hydrogen) atoms. The Morgan fingerprint density at radius 1 is 1.62 bits per heavy atom. The van der Waals surface area contributed by atoms with E-state index in [0.29, 0.717) is 0 Å². The molecule has 1 saturated carbocycles. The largest absolute Gasteiger partial charge is 0.480 e. The molecule has 1 heterocycles. The van der Waals surface area contributed by atoms with E-state index in [2.05, 4.69) is 0 Å². The average molecular weight is 223 g/mol. The van der Waals surface area contributed by atoms with E-state index in [-0.39, 0.29) is 24.3 Å².